The molecule has 0 aliphatic heterocycles. The van der Waals surface area contributed by atoms with Gasteiger partial charge in [0.2, 0.25) is 5.95 Å². The predicted molar refractivity (Wildman–Crippen MR) is 137 cm³/mol. The number of hydrogen-bond donors (Lipinski definition) is 1. The number of ether oxygens (including phenoxy) is 2. The smallest absolute Gasteiger partial charge is 0.226 e. The van der Waals surface area contributed by atoms with Crippen LogP contribution < -0.4 is 14.8 Å². The first-order valence-corrected chi connectivity index (χ1v) is 12.7. The number of nitrogens with one attached hydrogen (secondary N) is 1. The molecule has 0 amide bonds. The van der Waals surface area contributed by atoms with E-state index >= 15 is 0 Å². The summed E-state index contributed by atoms with van der Waals surface area (Å²) in [5.41, 5.74) is 3.89. The lowest BCUT2D eigenvalue weighted by Gasteiger charge is -2.14. The monoisotopic (exact) mass is 493 g/mol. The first kappa shape index (κ1) is 23.4. The highest BCUT2D eigenvalue weighted by molar-refractivity contribution is 8.00. The predicted octanol–water partition coefficient (Wildman–Crippen LogP) is 5.31. The molecule has 4 aromatic rings. The summed E-state index contributed by atoms with van der Waals surface area (Å²) in [7, 11) is 3.26. The Bertz CT molecular complexity index is 1360. The minimum absolute atomic E-state index is 0.305. The van der Waals surface area contributed by atoms with Crippen molar-refractivity contribution in [2.45, 2.75) is 38.0 Å². The second-order valence-corrected chi connectivity index (χ2v) is 9.94. The molecule has 0 unspecified atom stereocenters. The molecular formula is C26H28FN5O2S. The molecule has 1 aliphatic carbocycles. The van der Waals surface area contributed by atoms with Gasteiger partial charge in [-0.25, -0.2) is 14.4 Å². The third kappa shape index (κ3) is 5.19. The third-order valence-electron chi connectivity index (χ3n) is 5.99. The number of halogens is 1. The second kappa shape index (κ2) is 10.1. The van der Waals surface area contributed by atoms with Crippen molar-refractivity contribution in [1.82, 2.24) is 19.6 Å². The van der Waals surface area contributed by atoms with Crippen LogP contribution >= 0.6 is 11.8 Å². The van der Waals surface area contributed by atoms with Crippen molar-refractivity contribution < 1.29 is 13.9 Å². The number of rotatable bonds is 10. The van der Waals surface area contributed by atoms with Crippen molar-refractivity contribution in [2.75, 3.05) is 25.3 Å². The number of methoxy groups -OCH3 is 2. The Morgan fingerprint density at radius 1 is 1.11 bits per heavy atom. The first-order chi connectivity index (χ1) is 17.1. The van der Waals surface area contributed by atoms with Crippen molar-refractivity contribution in [3.8, 4) is 22.8 Å². The van der Waals surface area contributed by atoms with Gasteiger partial charge in [0.25, 0.3) is 0 Å². The SMILES string of the molecule is COc1ccc(CNc2nc(-c3cccc(F)c3)c(C)c3nc(CCSC4CC4)nn23)c(OC)c1. The summed E-state index contributed by atoms with van der Waals surface area (Å²) in [6.07, 6.45) is 3.42. The minimum Gasteiger partial charge on any atom is -0.497 e. The van der Waals surface area contributed by atoms with E-state index in [9.17, 15) is 4.39 Å². The molecule has 0 radical (unpaired) electrons. The quantitative estimate of drug-likeness (QED) is 0.321. The van der Waals surface area contributed by atoms with Crippen LogP contribution in [0.2, 0.25) is 0 Å². The molecule has 5 rings (SSSR count). The molecule has 182 valence electrons. The molecule has 0 spiro atoms. The molecule has 1 aliphatic rings. The van der Waals surface area contributed by atoms with E-state index in [-0.39, 0.29) is 5.82 Å². The average Bonchev–Trinajstić information content (AvgIpc) is 3.59. The van der Waals surface area contributed by atoms with E-state index < -0.39 is 0 Å². The standard InChI is InChI=1S/C26H28FN5O2S/c1-16-24(17-5-4-6-19(27)13-17)30-26(28-15-18-7-8-20(33-2)14-22(18)34-3)32-25(16)29-23(31-32)11-12-35-21-9-10-21/h4-8,13-14,21H,9-12,15H2,1-3H3,(H,28,30). The van der Waals surface area contributed by atoms with E-state index in [1.165, 1.54) is 25.0 Å². The molecular weight excluding hydrogens is 465 g/mol. The fraction of sp³-hybridized carbons (Fsp3) is 0.346. The lowest BCUT2D eigenvalue weighted by molar-refractivity contribution is 0.391. The normalized spacial score (nSPS) is 13.3. The number of benzene rings is 2. The van der Waals surface area contributed by atoms with Crippen LogP contribution in [-0.4, -0.2) is 44.8 Å². The van der Waals surface area contributed by atoms with E-state index in [1.807, 2.05) is 43.0 Å². The van der Waals surface area contributed by atoms with Gasteiger partial charge in [0.1, 0.15) is 17.3 Å². The van der Waals surface area contributed by atoms with Crippen LogP contribution in [0.3, 0.4) is 0 Å². The Morgan fingerprint density at radius 2 is 1.97 bits per heavy atom. The van der Waals surface area contributed by atoms with Crippen molar-refractivity contribution in [2.24, 2.45) is 0 Å². The minimum atomic E-state index is -0.305. The highest BCUT2D eigenvalue weighted by atomic mass is 32.2. The van der Waals surface area contributed by atoms with Gasteiger partial charge >= 0.3 is 0 Å². The Balaban J connectivity index is 1.51. The number of hydrogen-bond acceptors (Lipinski definition) is 7. The van der Waals surface area contributed by atoms with Gasteiger partial charge in [-0.15, -0.1) is 5.10 Å². The van der Waals surface area contributed by atoms with E-state index in [1.54, 1.807) is 24.8 Å². The van der Waals surface area contributed by atoms with E-state index in [4.69, 9.17) is 24.5 Å². The van der Waals surface area contributed by atoms with E-state index in [0.717, 1.165) is 45.8 Å². The second-order valence-electron chi connectivity index (χ2n) is 8.53. The van der Waals surface area contributed by atoms with Crippen LogP contribution in [0.25, 0.3) is 16.9 Å². The van der Waals surface area contributed by atoms with Gasteiger partial charge in [-0.1, -0.05) is 12.1 Å². The van der Waals surface area contributed by atoms with Crippen LogP contribution in [-0.2, 0) is 13.0 Å². The number of aromatic nitrogens is 4. The van der Waals surface area contributed by atoms with Crippen LogP contribution in [0, 0.1) is 12.7 Å². The zero-order valence-electron chi connectivity index (χ0n) is 20.0. The van der Waals surface area contributed by atoms with Gasteiger partial charge < -0.3 is 14.8 Å². The summed E-state index contributed by atoms with van der Waals surface area (Å²) in [6, 6.07) is 12.2. The van der Waals surface area contributed by atoms with Gasteiger partial charge in [-0.3, -0.25) is 0 Å². The zero-order chi connectivity index (χ0) is 24.4. The van der Waals surface area contributed by atoms with E-state index in [2.05, 4.69) is 5.32 Å². The molecule has 2 aromatic carbocycles. The fourth-order valence-corrected chi connectivity index (χ4v) is 5.05. The van der Waals surface area contributed by atoms with Crippen LogP contribution in [0.1, 0.15) is 29.8 Å². The molecule has 1 fully saturated rings. The van der Waals surface area contributed by atoms with Crippen molar-refractivity contribution >= 4 is 23.4 Å². The summed E-state index contributed by atoms with van der Waals surface area (Å²) < 4.78 is 26.6. The third-order valence-corrected chi connectivity index (χ3v) is 7.38. The van der Waals surface area contributed by atoms with Crippen molar-refractivity contribution in [1.29, 1.82) is 0 Å². The molecule has 0 saturated heterocycles. The zero-order valence-corrected chi connectivity index (χ0v) is 20.9. The first-order valence-electron chi connectivity index (χ1n) is 11.6. The van der Waals surface area contributed by atoms with Gasteiger partial charge in [0.05, 0.1) is 19.9 Å². The molecule has 2 aromatic heterocycles. The van der Waals surface area contributed by atoms with Gasteiger partial charge in [0, 0.05) is 46.7 Å². The Kier molecular flexibility index (Phi) is 6.77. The highest BCUT2D eigenvalue weighted by Crippen LogP contribution is 2.34. The Hall–Kier alpha value is -3.33. The van der Waals surface area contributed by atoms with Crippen molar-refractivity contribution in [3.63, 3.8) is 0 Å². The number of nitrogens with zero attached hydrogens (tertiary/aromatic N) is 4. The molecule has 9 heteroatoms. The molecule has 0 atom stereocenters. The lowest BCUT2D eigenvalue weighted by Crippen LogP contribution is -2.10. The summed E-state index contributed by atoms with van der Waals surface area (Å²) in [4.78, 5) is 9.69. The number of aryl methyl sites for hydroxylation is 2. The molecule has 1 N–H and O–H groups in total. The van der Waals surface area contributed by atoms with Crippen molar-refractivity contribution in [3.05, 3.63) is 65.2 Å². The summed E-state index contributed by atoms with van der Waals surface area (Å²) in [6.45, 7) is 2.41. The van der Waals surface area contributed by atoms with Crippen LogP contribution in [0.5, 0.6) is 11.5 Å². The van der Waals surface area contributed by atoms with Crippen LogP contribution in [0.15, 0.2) is 42.5 Å². The highest BCUT2D eigenvalue weighted by Gasteiger charge is 2.22. The van der Waals surface area contributed by atoms with Gasteiger partial charge in [-0.2, -0.15) is 16.3 Å². The van der Waals surface area contributed by atoms with E-state index in [0.29, 0.717) is 29.5 Å². The van der Waals surface area contributed by atoms with Gasteiger partial charge in [-0.05, 0) is 44.0 Å². The largest absolute Gasteiger partial charge is 0.497 e. The van der Waals surface area contributed by atoms with Gasteiger partial charge in [0.15, 0.2) is 11.5 Å². The summed E-state index contributed by atoms with van der Waals surface area (Å²) >= 11 is 1.99. The van der Waals surface area contributed by atoms with Crippen LogP contribution in [0.4, 0.5) is 10.3 Å². The maximum atomic E-state index is 14.0. The Labute approximate surface area is 208 Å². The maximum Gasteiger partial charge on any atom is 0.226 e. The molecule has 35 heavy (non-hydrogen) atoms. The summed E-state index contributed by atoms with van der Waals surface area (Å²) in [5.74, 6) is 3.44. The lowest BCUT2D eigenvalue weighted by atomic mass is 10.1. The maximum absolute atomic E-state index is 14.0. The number of anilines is 1. The Morgan fingerprint density at radius 3 is 2.71 bits per heavy atom. The molecule has 7 nitrogen and oxygen atoms in total. The number of thioether (sulfide) groups is 1. The summed E-state index contributed by atoms with van der Waals surface area (Å²) in [5, 5.41) is 8.96. The fourth-order valence-electron chi connectivity index (χ4n) is 3.95. The molecule has 1 saturated carbocycles. The molecule has 2 heterocycles. The average molecular weight is 494 g/mol. The topological polar surface area (TPSA) is 73.6 Å². The number of fused-ring (bicyclic) bond motifs is 1. The molecule has 0 bridgehead atoms.